The molecule has 0 unspecified atom stereocenters. The Morgan fingerprint density at radius 3 is 2.79 bits per heavy atom. The van der Waals surface area contributed by atoms with Gasteiger partial charge in [0.2, 0.25) is 0 Å². The molecule has 1 aromatic rings. The van der Waals surface area contributed by atoms with Gasteiger partial charge in [-0.3, -0.25) is 0 Å². The number of nitrogens with one attached hydrogen (secondary N) is 1. The molecule has 1 aliphatic rings. The predicted molar refractivity (Wildman–Crippen MR) is 58.2 cm³/mol. The molecule has 0 aliphatic carbocycles. The molecule has 0 fully saturated rings. The molecule has 1 N–H and O–H groups in total. The molecule has 2 nitrogen and oxygen atoms in total. The average molecular weight is 467 g/mol. The third kappa shape index (κ3) is 2.53. The van der Waals surface area contributed by atoms with Gasteiger partial charge < -0.3 is 10.6 Å². The molecule has 1 heterocycles. The number of rotatable bonds is 0. The van der Waals surface area contributed by atoms with Crippen LogP contribution in [0.3, 0.4) is 0 Å². The number of hydrogen-bond donors (Lipinski definition) is 0. The Balaban J connectivity index is 0.000000980. The monoisotopic (exact) mass is 466 g/mol. The molecule has 0 atom stereocenters. The number of benzene rings is 1. The molecule has 0 bridgehead atoms. The number of likely N-dealkylation sites (N-methyl/N-ethyl adjacent to an activating group) is 1. The fourth-order valence-corrected chi connectivity index (χ4v) is 2.34. The fourth-order valence-electron chi connectivity index (χ4n) is 1.77. The topological polar surface area (TPSA) is 27.0 Å². The first-order chi connectivity index (χ1) is 6.18. The molecule has 1 aromatic carbocycles. The number of fused-ring (bicyclic) bond motifs is 1. The zero-order chi connectivity index (χ0) is 9.42. The van der Waals surface area contributed by atoms with Crippen LogP contribution in [0.2, 0.25) is 0 Å². The van der Waals surface area contributed by atoms with E-state index in [2.05, 4.69) is 27.9 Å². The minimum Gasteiger partial charge on any atom is -0.698 e. The maximum Gasteiger partial charge on any atom is 0.0221 e. The van der Waals surface area contributed by atoms with Crippen molar-refractivity contribution in [3.8, 4) is 0 Å². The molecule has 0 aromatic heterocycles. The summed E-state index contributed by atoms with van der Waals surface area (Å²) < 4.78 is 1.16. The molecule has 0 spiro atoms. The molecule has 0 saturated carbocycles. The van der Waals surface area contributed by atoms with E-state index in [0.717, 1.165) is 24.0 Å². The molecule has 4 heteroatoms. The largest absolute Gasteiger partial charge is 0.698 e. The summed E-state index contributed by atoms with van der Waals surface area (Å²) >= 11 is 3.53. The van der Waals surface area contributed by atoms with Crippen LogP contribution in [-0.2, 0) is 13.0 Å². The van der Waals surface area contributed by atoms with Gasteiger partial charge in [0.05, 0.1) is 0 Å². The van der Waals surface area contributed by atoms with Crippen molar-refractivity contribution in [3.05, 3.63) is 33.5 Å². The van der Waals surface area contributed by atoms with Crippen LogP contribution in [0.4, 0.5) is 5.69 Å². The first-order valence-electron chi connectivity index (χ1n) is 4.39. The Bertz CT molecular complexity index is 341. The maximum absolute atomic E-state index is 7.79. The normalized spacial score (nSPS) is 15.9. The first-order valence-corrected chi connectivity index (χ1v) is 5.18. The third-order valence-electron chi connectivity index (χ3n) is 2.55. The second kappa shape index (κ2) is 5.30. The van der Waals surface area contributed by atoms with Crippen molar-refractivity contribution < 1.29 is 44.1 Å². The SMILES string of the molecule is CN1CCc2c(Br)ccc([NH-])c2C1.[Ac]. The van der Waals surface area contributed by atoms with Crippen molar-refractivity contribution in [2.45, 2.75) is 13.0 Å². The molecule has 0 saturated heterocycles. The minimum atomic E-state index is 0. The van der Waals surface area contributed by atoms with Gasteiger partial charge in [-0.05, 0) is 30.7 Å². The third-order valence-corrected chi connectivity index (χ3v) is 3.29. The Morgan fingerprint density at radius 1 is 1.36 bits per heavy atom. The smallest absolute Gasteiger partial charge is 0.0221 e. The van der Waals surface area contributed by atoms with Crippen LogP contribution in [0.25, 0.3) is 5.73 Å². The number of nitrogens with zero attached hydrogens (tertiary/aromatic N) is 1. The van der Waals surface area contributed by atoms with Crippen LogP contribution in [0.15, 0.2) is 16.6 Å². The summed E-state index contributed by atoms with van der Waals surface area (Å²) in [7, 11) is 2.10. The zero-order valence-electron chi connectivity index (χ0n) is 8.18. The van der Waals surface area contributed by atoms with Gasteiger partial charge in [0.1, 0.15) is 0 Å². The van der Waals surface area contributed by atoms with Crippen molar-refractivity contribution in [1.29, 1.82) is 0 Å². The van der Waals surface area contributed by atoms with Gasteiger partial charge in [0, 0.05) is 61.6 Å². The van der Waals surface area contributed by atoms with E-state index < -0.39 is 0 Å². The van der Waals surface area contributed by atoms with Gasteiger partial charge in [-0.1, -0.05) is 22.0 Å². The van der Waals surface area contributed by atoms with E-state index >= 15 is 0 Å². The fraction of sp³-hybridized carbons (Fsp3) is 0.400. The Labute approximate surface area is 129 Å². The van der Waals surface area contributed by atoms with Gasteiger partial charge in [-0.2, -0.15) is 0 Å². The minimum absolute atomic E-state index is 0. The molecule has 1 aliphatic heterocycles. The van der Waals surface area contributed by atoms with Gasteiger partial charge in [-0.15, -0.1) is 5.69 Å². The average Bonchev–Trinajstić information content (AvgIpc) is 2.12. The van der Waals surface area contributed by atoms with E-state index in [4.69, 9.17) is 5.73 Å². The summed E-state index contributed by atoms with van der Waals surface area (Å²) in [6, 6.07) is 3.84. The van der Waals surface area contributed by atoms with Crippen molar-refractivity contribution in [2.24, 2.45) is 0 Å². The molecule has 1 radical (unpaired) electrons. The molecule has 73 valence electrons. The number of hydrogen-bond acceptors (Lipinski definition) is 1. The van der Waals surface area contributed by atoms with E-state index in [1.807, 2.05) is 12.1 Å². The second-order valence-electron chi connectivity index (χ2n) is 3.54. The van der Waals surface area contributed by atoms with Gasteiger partial charge in [0.15, 0.2) is 0 Å². The van der Waals surface area contributed by atoms with E-state index in [1.165, 1.54) is 11.1 Å². The van der Waals surface area contributed by atoms with Crippen molar-refractivity contribution in [3.63, 3.8) is 0 Å². The molecule has 14 heavy (non-hydrogen) atoms. The molecule has 2 rings (SSSR count). The van der Waals surface area contributed by atoms with Crippen LogP contribution >= 0.6 is 15.9 Å². The van der Waals surface area contributed by atoms with Crippen LogP contribution in [0.1, 0.15) is 11.1 Å². The molecule has 0 amide bonds. The van der Waals surface area contributed by atoms with Crippen LogP contribution in [-0.4, -0.2) is 18.5 Å². The maximum atomic E-state index is 7.79. The molecular weight excluding hydrogens is 455 g/mol. The van der Waals surface area contributed by atoms with Gasteiger partial charge in [0.25, 0.3) is 0 Å². The molecular formula is C10H12AcBrN2-. The summed E-state index contributed by atoms with van der Waals surface area (Å²) in [6.45, 7) is 2.00. The van der Waals surface area contributed by atoms with E-state index in [0.29, 0.717) is 5.69 Å². The van der Waals surface area contributed by atoms with E-state index in [-0.39, 0.29) is 44.1 Å². The quantitative estimate of drug-likeness (QED) is 0.577. The predicted octanol–water partition coefficient (Wildman–Crippen LogP) is 3.12. The Hall–Kier alpha value is 0.902. The number of halogens is 1. The summed E-state index contributed by atoms with van der Waals surface area (Å²) in [6.07, 6.45) is 1.05. The van der Waals surface area contributed by atoms with Crippen LogP contribution < -0.4 is 0 Å². The summed E-state index contributed by atoms with van der Waals surface area (Å²) in [5.74, 6) is 0. The van der Waals surface area contributed by atoms with Crippen molar-refractivity contribution in [1.82, 2.24) is 4.90 Å². The van der Waals surface area contributed by atoms with Crippen LogP contribution in [0.5, 0.6) is 0 Å². The second-order valence-corrected chi connectivity index (χ2v) is 4.39. The van der Waals surface area contributed by atoms with Crippen molar-refractivity contribution in [2.75, 3.05) is 13.6 Å². The standard InChI is InChI=1S/C10H12BrN2.Ac/c1-13-5-4-7-8(6-13)10(12)3-2-9(7)11;/h2-3,12H,4-6H2,1H3;/q-1;. The van der Waals surface area contributed by atoms with Gasteiger partial charge in [-0.25, -0.2) is 0 Å². The van der Waals surface area contributed by atoms with E-state index in [1.54, 1.807) is 0 Å². The summed E-state index contributed by atoms with van der Waals surface area (Å²) in [5, 5.41) is 0. The first kappa shape index (κ1) is 13.0. The summed E-state index contributed by atoms with van der Waals surface area (Å²) in [5.41, 5.74) is 11.0. The Kier molecular flexibility index (Phi) is 4.91. The zero-order valence-corrected chi connectivity index (χ0v) is 14.5. The van der Waals surface area contributed by atoms with Gasteiger partial charge >= 0.3 is 0 Å². The summed E-state index contributed by atoms with van der Waals surface area (Å²) in [4.78, 5) is 2.26. The van der Waals surface area contributed by atoms with E-state index in [9.17, 15) is 0 Å². The van der Waals surface area contributed by atoms with Crippen molar-refractivity contribution >= 4 is 21.6 Å². The Morgan fingerprint density at radius 2 is 2.07 bits per heavy atom. The van der Waals surface area contributed by atoms with Crippen LogP contribution in [0, 0.1) is 44.1 Å².